The van der Waals surface area contributed by atoms with Gasteiger partial charge >= 0.3 is 0 Å². The number of fused-ring (bicyclic) bond motifs is 3. The first-order valence-corrected chi connectivity index (χ1v) is 8.92. The van der Waals surface area contributed by atoms with E-state index in [4.69, 9.17) is 14.2 Å². The van der Waals surface area contributed by atoms with Gasteiger partial charge in [0.15, 0.2) is 18.1 Å². The average molecular weight is 339 g/mol. The molecule has 24 heavy (non-hydrogen) atoms. The van der Waals surface area contributed by atoms with Gasteiger partial charge in [-0.2, -0.15) is 0 Å². The third kappa shape index (κ3) is 2.26. The van der Waals surface area contributed by atoms with Gasteiger partial charge in [-0.1, -0.05) is 34.1 Å². The van der Waals surface area contributed by atoms with Crippen LogP contribution in [-0.2, 0) is 23.8 Å². The molecule has 6 nitrogen and oxygen atoms in total. The van der Waals surface area contributed by atoms with Crippen LogP contribution in [-0.4, -0.2) is 54.0 Å². The topological polar surface area (TPSA) is 65.1 Å². The summed E-state index contributed by atoms with van der Waals surface area (Å²) in [7, 11) is 0. The zero-order chi connectivity index (χ0) is 17.8. The van der Waals surface area contributed by atoms with E-state index in [0.29, 0.717) is 13.0 Å². The Bertz CT molecular complexity index is 530. The molecule has 0 aromatic rings. The molecule has 3 heterocycles. The van der Waals surface area contributed by atoms with Crippen molar-refractivity contribution in [1.29, 1.82) is 0 Å². The lowest BCUT2D eigenvalue weighted by atomic mass is 9.78. The lowest BCUT2D eigenvalue weighted by Crippen LogP contribution is -2.60. The van der Waals surface area contributed by atoms with Crippen molar-refractivity contribution in [1.82, 2.24) is 4.90 Å². The van der Waals surface area contributed by atoms with Crippen LogP contribution >= 0.6 is 0 Å². The molecule has 1 amide bonds. The minimum atomic E-state index is -1.06. The lowest BCUT2D eigenvalue weighted by Gasteiger charge is -2.40. The molecule has 0 N–H and O–H groups in total. The van der Waals surface area contributed by atoms with E-state index in [-0.39, 0.29) is 23.8 Å². The SMILES string of the molecule is CCCCO[C@H]1C[C@H]2C(=O)N3[C@H](C(C)(C)C)OC[C@@]3(C=O)[C@@]2(C)O1. The van der Waals surface area contributed by atoms with Crippen molar-refractivity contribution < 1.29 is 23.8 Å². The van der Waals surface area contributed by atoms with Crippen LogP contribution in [0.1, 0.15) is 53.9 Å². The number of carbonyl (C=O) groups excluding carboxylic acids is 2. The van der Waals surface area contributed by atoms with E-state index in [1.165, 1.54) is 0 Å². The first kappa shape index (κ1) is 17.8. The predicted octanol–water partition coefficient (Wildman–Crippen LogP) is 2.11. The molecule has 0 bridgehead atoms. The second kappa shape index (κ2) is 5.78. The maximum absolute atomic E-state index is 13.1. The van der Waals surface area contributed by atoms with Gasteiger partial charge in [-0.05, 0) is 13.3 Å². The fourth-order valence-corrected chi connectivity index (χ4v) is 4.29. The normalized spacial score (nSPS) is 41.6. The Balaban J connectivity index is 1.88. The highest BCUT2D eigenvalue weighted by Gasteiger charge is 2.75. The van der Waals surface area contributed by atoms with E-state index >= 15 is 0 Å². The smallest absolute Gasteiger partial charge is 0.231 e. The van der Waals surface area contributed by atoms with Crippen molar-refractivity contribution >= 4 is 12.2 Å². The Morgan fingerprint density at radius 2 is 2.12 bits per heavy atom. The van der Waals surface area contributed by atoms with Crippen LogP contribution in [0.25, 0.3) is 0 Å². The summed E-state index contributed by atoms with van der Waals surface area (Å²) in [5.74, 6) is -0.410. The number of aldehydes is 1. The number of hydrogen-bond donors (Lipinski definition) is 0. The van der Waals surface area contributed by atoms with Crippen LogP contribution < -0.4 is 0 Å². The molecule has 0 aromatic heterocycles. The molecule has 3 saturated heterocycles. The number of rotatable bonds is 5. The van der Waals surface area contributed by atoms with E-state index in [1.54, 1.807) is 4.90 Å². The summed E-state index contributed by atoms with van der Waals surface area (Å²) in [6.45, 7) is 10.8. The Hall–Kier alpha value is -0.980. The second-order valence-electron chi connectivity index (χ2n) is 8.45. The van der Waals surface area contributed by atoms with E-state index in [1.807, 2.05) is 27.7 Å². The number of amides is 1. The predicted molar refractivity (Wildman–Crippen MR) is 87.1 cm³/mol. The summed E-state index contributed by atoms with van der Waals surface area (Å²) in [6.07, 6.45) is 2.51. The molecule has 0 unspecified atom stereocenters. The number of unbranched alkanes of at least 4 members (excludes halogenated alkanes) is 1. The first-order valence-electron chi connectivity index (χ1n) is 8.92. The highest BCUT2D eigenvalue weighted by Crippen LogP contribution is 2.56. The molecule has 3 rings (SSSR count). The molecular weight excluding hydrogens is 310 g/mol. The van der Waals surface area contributed by atoms with Gasteiger partial charge in [0.25, 0.3) is 0 Å². The Kier molecular flexibility index (Phi) is 4.30. The summed E-state index contributed by atoms with van der Waals surface area (Å²) in [5, 5.41) is 0. The van der Waals surface area contributed by atoms with Crippen molar-refractivity contribution in [2.75, 3.05) is 13.2 Å². The van der Waals surface area contributed by atoms with E-state index in [0.717, 1.165) is 19.1 Å². The molecule has 0 radical (unpaired) electrons. The fourth-order valence-electron chi connectivity index (χ4n) is 4.29. The number of ether oxygens (including phenoxy) is 3. The fraction of sp³-hybridized carbons (Fsp3) is 0.889. The number of hydrogen-bond acceptors (Lipinski definition) is 5. The monoisotopic (exact) mass is 339 g/mol. The van der Waals surface area contributed by atoms with Crippen LogP contribution in [0.4, 0.5) is 0 Å². The zero-order valence-corrected chi connectivity index (χ0v) is 15.3. The molecule has 3 aliphatic heterocycles. The zero-order valence-electron chi connectivity index (χ0n) is 15.3. The molecule has 3 aliphatic rings. The maximum Gasteiger partial charge on any atom is 0.231 e. The van der Waals surface area contributed by atoms with Gasteiger partial charge in [0, 0.05) is 18.4 Å². The van der Waals surface area contributed by atoms with Gasteiger partial charge in [0.1, 0.15) is 11.8 Å². The molecular formula is C18H29NO5. The van der Waals surface area contributed by atoms with Crippen LogP contribution in [0.5, 0.6) is 0 Å². The highest BCUT2D eigenvalue weighted by molar-refractivity contribution is 5.92. The largest absolute Gasteiger partial charge is 0.355 e. The summed E-state index contributed by atoms with van der Waals surface area (Å²) < 4.78 is 17.8. The third-order valence-electron chi connectivity index (χ3n) is 5.73. The minimum Gasteiger partial charge on any atom is -0.355 e. The standard InChI is InChI=1S/C18H29NO5/c1-6-7-8-22-13-9-12-14(21)19-15(16(2,3)4)23-11-18(19,10-20)17(12,5)24-13/h10,12-13,15H,6-9,11H2,1-5H3/t12-,13+,15-,17-,18-/m0/s1. The molecule has 3 fully saturated rings. The van der Waals surface area contributed by atoms with Crippen molar-refractivity contribution in [3.63, 3.8) is 0 Å². The van der Waals surface area contributed by atoms with Gasteiger partial charge in [-0.15, -0.1) is 0 Å². The van der Waals surface area contributed by atoms with Crippen LogP contribution in [0.15, 0.2) is 0 Å². The van der Waals surface area contributed by atoms with Crippen LogP contribution in [0, 0.1) is 11.3 Å². The highest BCUT2D eigenvalue weighted by atomic mass is 16.7. The summed E-state index contributed by atoms with van der Waals surface area (Å²) in [4.78, 5) is 26.9. The molecule has 0 spiro atoms. The Labute approximate surface area is 143 Å². The molecule has 6 heteroatoms. The lowest BCUT2D eigenvalue weighted by molar-refractivity contribution is -0.191. The van der Waals surface area contributed by atoms with E-state index in [9.17, 15) is 9.59 Å². The molecule has 5 atom stereocenters. The quantitative estimate of drug-likeness (QED) is 0.567. The number of carbonyl (C=O) groups is 2. The molecule has 0 saturated carbocycles. The summed E-state index contributed by atoms with van der Waals surface area (Å²) in [6, 6.07) is 0. The molecule has 0 aromatic carbocycles. The maximum atomic E-state index is 13.1. The Morgan fingerprint density at radius 1 is 1.42 bits per heavy atom. The second-order valence-corrected chi connectivity index (χ2v) is 8.45. The van der Waals surface area contributed by atoms with Gasteiger partial charge in [-0.3, -0.25) is 9.69 Å². The minimum absolute atomic E-state index is 0.0522. The van der Waals surface area contributed by atoms with Gasteiger partial charge < -0.3 is 19.0 Å². The average Bonchev–Trinajstić information content (AvgIpc) is 3.10. The van der Waals surface area contributed by atoms with Crippen molar-refractivity contribution in [3.8, 4) is 0 Å². The van der Waals surface area contributed by atoms with Crippen molar-refractivity contribution in [3.05, 3.63) is 0 Å². The summed E-state index contributed by atoms with van der Waals surface area (Å²) in [5.41, 5.74) is -2.23. The van der Waals surface area contributed by atoms with Crippen LogP contribution in [0.3, 0.4) is 0 Å². The molecule has 0 aliphatic carbocycles. The van der Waals surface area contributed by atoms with Crippen molar-refractivity contribution in [2.45, 2.75) is 77.5 Å². The van der Waals surface area contributed by atoms with Gasteiger partial charge in [0.2, 0.25) is 5.91 Å². The third-order valence-corrected chi connectivity index (χ3v) is 5.73. The van der Waals surface area contributed by atoms with Gasteiger partial charge in [-0.25, -0.2) is 0 Å². The van der Waals surface area contributed by atoms with E-state index < -0.39 is 23.7 Å². The first-order chi connectivity index (χ1) is 11.2. The van der Waals surface area contributed by atoms with Crippen molar-refractivity contribution in [2.24, 2.45) is 11.3 Å². The van der Waals surface area contributed by atoms with Gasteiger partial charge in [0.05, 0.1) is 12.5 Å². The van der Waals surface area contributed by atoms with Crippen LogP contribution in [0.2, 0.25) is 0 Å². The summed E-state index contributed by atoms with van der Waals surface area (Å²) >= 11 is 0. The number of nitrogens with zero attached hydrogens (tertiary/aromatic N) is 1. The molecule has 136 valence electrons. The Morgan fingerprint density at radius 3 is 2.71 bits per heavy atom. The van der Waals surface area contributed by atoms with E-state index in [2.05, 4.69) is 6.92 Å².